The summed E-state index contributed by atoms with van der Waals surface area (Å²) in [5.74, 6) is -1.74. The highest BCUT2D eigenvalue weighted by atomic mass is 16.7. The van der Waals surface area contributed by atoms with Crippen molar-refractivity contribution in [2.75, 3.05) is 7.11 Å². The number of hydrogen-bond acceptors (Lipinski definition) is 8. The first-order chi connectivity index (χ1) is 16.3. The number of ketones is 1. The van der Waals surface area contributed by atoms with Crippen molar-refractivity contribution in [2.24, 2.45) is 28.1 Å². The van der Waals surface area contributed by atoms with Gasteiger partial charge in [-0.05, 0) is 51.0 Å². The highest BCUT2D eigenvalue weighted by Gasteiger charge is 2.88. The molecule has 8 nitrogen and oxygen atoms in total. The third-order valence-corrected chi connectivity index (χ3v) is 9.86. The van der Waals surface area contributed by atoms with E-state index in [0.29, 0.717) is 12.8 Å². The fourth-order valence-electron chi connectivity index (χ4n) is 8.21. The third-order valence-electron chi connectivity index (χ3n) is 9.86. The maximum absolute atomic E-state index is 14.1. The summed E-state index contributed by atoms with van der Waals surface area (Å²) in [6, 6.07) is 1.78. The number of allylic oxidation sites excluding steroid dienone is 1. The van der Waals surface area contributed by atoms with E-state index in [4.69, 9.17) is 18.6 Å². The minimum atomic E-state index is -1.18. The van der Waals surface area contributed by atoms with Crippen LogP contribution in [0.1, 0.15) is 65.5 Å². The molecule has 0 radical (unpaired) electrons. The molecule has 2 saturated heterocycles. The molecule has 0 aromatic carbocycles. The topological polar surface area (TPSA) is 116 Å². The fraction of sp³-hybridized carbons (Fsp3) is 0.667. The smallest absolute Gasteiger partial charge is 0.339 e. The zero-order chi connectivity index (χ0) is 25.6. The Balaban J connectivity index is 1.67. The Bertz CT molecular complexity index is 1100. The van der Waals surface area contributed by atoms with Crippen molar-refractivity contribution in [2.45, 2.75) is 77.3 Å². The van der Waals surface area contributed by atoms with E-state index >= 15 is 0 Å². The number of rotatable bonds is 4. The Morgan fingerprint density at radius 1 is 1.23 bits per heavy atom. The third kappa shape index (κ3) is 2.90. The number of furan rings is 1. The number of ether oxygens (including phenoxy) is 3. The van der Waals surface area contributed by atoms with Gasteiger partial charge in [0.15, 0.2) is 6.10 Å². The van der Waals surface area contributed by atoms with Gasteiger partial charge in [-0.2, -0.15) is 0 Å². The maximum Gasteiger partial charge on any atom is 0.339 e. The molecule has 0 amide bonds. The lowest BCUT2D eigenvalue weighted by Crippen LogP contribution is -2.71. The lowest BCUT2D eigenvalue weighted by atomic mass is 9.37. The highest BCUT2D eigenvalue weighted by Crippen LogP contribution is 2.78. The molecule has 0 unspecified atom stereocenters. The summed E-state index contributed by atoms with van der Waals surface area (Å²) in [7, 11) is 1.31. The number of cyclic esters (lactones) is 1. The molecule has 1 N–H and O–H groups in total. The van der Waals surface area contributed by atoms with Crippen molar-refractivity contribution in [3.63, 3.8) is 0 Å². The quantitative estimate of drug-likeness (QED) is 0.390. The zero-order valence-corrected chi connectivity index (χ0v) is 21.1. The number of methoxy groups -OCH3 is 1. The van der Waals surface area contributed by atoms with E-state index < -0.39 is 57.5 Å². The number of Topliss-reactive ketones (excluding diaryl/α,β-unsaturated/α-hetero) is 1. The molecule has 1 spiro atoms. The Kier molecular flexibility index (Phi) is 5.05. The second-order valence-electron chi connectivity index (χ2n) is 11.9. The Morgan fingerprint density at radius 3 is 2.54 bits per heavy atom. The van der Waals surface area contributed by atoms with Gasteiger partial charge in [0.2, 0.25) is 0 Å². The fourth-order valence-corrected chi connectivity index (χ4v) is 8.21. The number of epoxide rings is 1. The number of carbonyl (C=O) groups excluding carboxylic acids is 3. The Morgan fingerprint density at radius 2 is 1.94 bits per heavy atom. The van der Waals surface area contributed by atoms with Crippen LogP contribution >= 0.6 is 0 Å². The molecule has 2 aliphatic heterocycles. The van der Waals surface area contributed by atoms with Crippen LogP contribution in [0.5, 0.6) is 0 Å². The van der Waals surface area contributed by atoms with E-state index in [1.807, 2.05) is 20.8 Å². The second kappa shape index (κ2) is 7.29. The molecule has 4 fully saturated rings. The van der Waals surface area contributed by atoms with Crippen LogP contribution in [0, 0.1) is 28.1 Å². The van der Waals surface area contributed by atoms with E-state index in [2.05, 4.69) is 0 Å². The first kappa shape index (κ1) is 24.3. The lowest BCUT2D eigenvalue weighted by molar-refractivity contribution is -0.213. The van der Waals surface area contributed by atoms with Gasteiger partial charge in [0.25, 0.3) is 0 Å². The van der Waals surface area contributed by atoms with Crippen LogP contribution in [0.2, 0.25) is 0 Å². The van der Waals surface area contributed by atoms with Gasteiger partial charge in [-0.15, -0.1) is 0 Å². The molecule has 2 aliphatic carbocycles. The molecular formula is C27H34O8. The molecule has 1 aromatic heterocycles. The number of carbonyl (C=O) groups is 3. The Hall–Kier alpha value is -2.45. The van der Waals surface area contributed by atoms with Crippen LogP contribution in [0.4, 0.5) is 0 Å². The van der Waals surface area contributed by atoms with Gasteiger partial charge >= 0.3 is 11.9 Å². The maximum atomic E-state index is 14.1. The van der Waals surface area contributed by atoms with Gasteiger partial charge in [-0.3, -0.25) is 4.79 Å². The molecule has 8 heteroatoms. The van der Waals surface area contributed by atoms with Crippen LogP contribution in [0.25, 0.3) is 0 Å². The van der Waals surface area contributed by atoms with Crippen molar-refractivity contribution < 1.29 is 38.1 Å². The first-order valence-electron chi connectivity index (χ1n) is 12.2. The molecule has 4 aliphatic rings. The standard InChI is InChI=1S/C27H34O8/c1-23(2,31)17-13-18(28)26(5)16(24(17,3)10-8-19(29)32-6)7-11-25(4)20(15-9-12-33-14-15)34-22(30)21-27(25,26)35-21/h8-10,12,14,16-17,20-21,31H,7,11,13H2,1-6H3/b10-8+/t16-,17+,20+,21-,24-,25+,26+,27-/m1/s1. The van der Waals surface area contributed by atoms with Gasteiger partial charge in [0, 0.05) is 29.4 Å². The van der Waals surface area contributed by atoms with Crippen LogP contribution in [0.15, 0.2) is 35.2 Å². The van der Waals surface area contributed by atoms with Crippen molar-refractivity contribution >= 4 is 17.7 Å². The average Bonchev–Trinajstić information content (AvgIpc) is 3.36. The van der Waals surface area contributed by atoms with Crippen molar-refractivity contribution in [1.29, 1.82) is 0 Å². The van der Waals surface area contributed by atoms with Gasteiger partial charge in [-0.1, -0.05) is 19.9 Å². The predicted molar refractivity (Wildman–Crippen MR) is 123 cm³/mol. The van der Waals surface area contributed by atoms with E-state index in [9.17, 15) is 19.5 Å². The summed E-state index contributed by atoms with van der Waals surface area (Å²) < 4.78 is 22.3. The van der Waals surface area contributed by atoms with Crippen LogP contribution in [-0.4, -0.2) is 47.2 Å². The summed E-state index contributed by atoms with van der Waals surface area (Å²) in [5, 5.41) is 11.1. The minimum Gasteiger partial charge on any atom is -0.472 e. The molecular weight excluding hydrogens is 452 g/mol. The van der Waals surface area contributed by atoms with Crippen molar-refractivity contribution in [3.05, 3.63) is 36.3 Å². The molecule has 35 heavy (non-hydrogen) atoms. The largest absolute Gasteiger partial charge is 0.472 e. The van der Waals surface area contributed by atoms with Crippen molar-refractivity contribution in [3.8, 4) is 0 Å². The van der Waals surface area contributed by atoms with Crippen LogP contribution in [-0.2, 0) is 28.6 Å². The predicted octanol–water partition coefficient (Wildman–Crippen LogP) is 3.53. The van der Waals surface area contributed by atoms with Gasteiger partial charge < -0.3 is 23.7 Å². The molecule has 3 heterocycles. The summed E-state index contributed by atoms with van der Waals surface area (Å²) >= 11 is 0. The number of esters is 2. The number of hydrogen-bond donors (Lipinski definition) is 1. The average molecular weight is 487 g/mol. The molecule has 1 aromatic rings. The summed E-state index contributed by atoms with van der Waals surface area (Å²) in [4.78, 5) is 39.3. The van der Waals surface area contributed by atoms with E-state index in [1.165, 1.54) is 13.2 Å². The van der Waals surface area contributed by atoms with Crippen LogP contribution < -0.4 is 0 Å². The van der Waals surface area contributed by atoms with E-state index in [0.717, 1.165) is 5.56 Å². The molecule has 190 valence electrons. The normalized spacial score (nSPS) is 44.8. The molecule has 5 rings (SSSR count). The highest BCUT2D eigenvalue weighted by molar-refractivity contribution is 5.93. The number of fused-ring (bicyclic) bond motifs is 1. The molecule has 2 saturated carbocycles. The van der Waals surface area contributed by atoms with Crippen molar-refractivity contribution in [1.82, 2.24) is 0 Å². The number of aliphatic hydroxyl groups is 1. The van der Waals surface area contributed by atoms with E-state index in [1.54, 1.807) is 38.5 Å². The van der Waals surface area contributed by atoms with Gasteiger partial charge in [0.1, 0.15) is 17.5 Å². The SMILES string of the molecule is COC(=O)/C=C/[C@]1(C)[C@H]2CC[C@@]3(C)[C@H](c4ccoc4)OC(=O)[C@H]4O[C@]43[C@]2(C)C(=O)C[C@H]1C(C)(C)O. The first-order valence-corrected chi connectivity index (χ1v) is 12.2. The zero-order valence-electron chi connectivity index (χ0n) is 21.1. The molecule has 8 atom stereocenters. The summed E-state index contributed by atoms with van der Waals surface area (Å²) in [5.41, 5.74) is -3.94. The van der Waals surface area contributed by atoms with E-state index in [-0.39, 0.29) is 18.1 Å². The molecule has 0 bridgehead atoms. The van der Waals surface area contributed by atoms with Gasteiger partial charge in [-0.25, -0.2) is 9.59 Å². The minimum absolute atomic E-state index is 0.0346. The Labute approximate surface area is 205 Å². The second-order valence-corrected chi connectivity index (χ2v) is 11.9. The lowest BCUT2D eigenvalue weighted by Gasteiger charge is -2.65. The van der Waals surface area contributed by atoms with Gasteiger partial charge in [0.05, 0.1) is 30.7 Å². The monoisotopic (exact) mass is 486 g/mol. The summed E-state index contributed by atoms with van der Waals surface area (Å²) in [6.45, 7) is 9.34. The van der Waals surface area contributed by atoms with Crippen LogP contribution in [0.3, 0.4) is 0 Å². The summed E-state index contributed by atoms with van der Waals surface area (Å²) in [6.07, 6.45) is 6.19.